The topological polar surface area (TPSA) is 20.2 Å². The Morgan fingerprint density at radius 2 is 1.64 bits per heavy atom. The molecule has 84 valence electrons. The van der Waals surface area contributed by atoms with Crippen LogP contribution < -0.4 is 0 Å². The molecule has 1 N–H and O–H groups in total. The summed E-state index contributed by atoms with van der Waals surface area (Å²) in [5.74, 6) is 0. The van der Waals surface area contributed by atoms with Crippen LogP contribution in [0.2, 0.25) is 0 Å². The molecule has 1 nitrogen and oxygen atoms in total. The Balaban J connectivity index is 2.08. The van der Waals surface area contributed by atoms with E-state index < -0.39 is 0 Å². The highest BCUT2D eigenvalue weighted by Crippen LogP contribution is 2.41. The van der Waals surface area contributed by atoms with Gasteiger partial charge in [-0.05, 0) is 24.7 Å². The molecule has 0 aliphatic heterocycles. The predicted octanol–water partition coefficient (Wildman–Crippen LogP) is 3.90. The molecule has 0 amide bonds. The SMILES string of the molecule is CCCCCCCC1(CO)CCCC1. The molecule has 0 heterocycles. The Kier molecular flexibility index (Phi) is 5.54. The minimum Gasteiger partial charge on any atom is -0.396 e. The molecule has 0 aromatic rings. The minimum atomic E-state index is 0.339. The highest BCUT2D eigenvalue weighted by molar-refractivity contribution is 4.83. The van der Waals surface area contributed by atoms with Crippen LogP contribution in [0.25, 0.3) is 0 Å². The maximum absolute atomic E-state index is 9.42. The van der Waals surface area contributed by atoms with Gasteiger partial charge < -0.3 is 5.11 Å². The van der Waals surface area contributed by atoms with Crippen molar-refractivity contribution in [2.75, 3.05) is 6.61 Å². The van der Waals surface area contributed by atoms with Gasteiger partial charge >= 0.3 is 0 Å². The Labute approximate surface area is 88.9 Å². The molecule has 1 saturated carbocycles. The van der Waals surface area contributed by atoms with E-state index >= 15 is 0 Å². The Bertz CT molecular complexity index is 136. The molecule has 0 unspecified atom stereocenters. The minimum absolute atomic E-state index is 0.339. The zero-order valence-corrected chi connectivity index (χ0v) is 9.73. The zero-order chi connectivity index (χ0) is 10.3. The third-order valence-corrected chi connectivity index (χ3v) is 3.81. The number of hydrogen-bond acceptors (Lipinski definition) is 1. The van der Waals surface area contributed by atoms with Crippen molar-refractivity contribution in [1.29, 1.82) is 0 Å². The van der Waals surface area contributed by atoms with Crippen molar-refractivity contribution in [2.24, 2.45) is 5.41 Å². The van der Waals surface area contributed by atoms with Crippen LogP contribution in [0.4, 0.5) is 0 Å². The number of aliphatic hydroxyl groups is 1. The molecule has 0 aromatic carbocycles. The van der Waals surface area contributed by atoms with Gasteiger partial charge in [-0.3, -0.25) is 0 Å². The third-order valence-electron chi connectivity index (χ3n) is 3.81. The fourth-order valence-corrected chi connectivity index (χ4v) is 2.72. The smallest absolute Gasteiger partial charge is 0.0487 e. The monoisotopic (exact) mass is 198 g/mol. The highest BCUT2D eigenvalue weighted by atomic mass is 16.3. The largest absolute Gasteiger partial charge is 0.396 e. The van der Waals surface area contributed by atoms with Crippen molar-refractivity contribution >= 4 is 0 Å². The van der Waals surface area contributed by atoms with Crippen LogP contribution >= 0.6 is 0 Å². The van der Waals surface area contributed by atoms with Gasteiger partial charge in [-0.25, -0.2) is 0 Å². The van der Waals surface area contributed by atoms with Crippen molar-refractivity contribution in [3.8, 4) is 0 Å². The van der Waals surface area contributed by atoms with E-state index in [-0.39, 0.29) is 0 Å². The van der Waals surface area contributed by atoms with Crippen LogP contribution in [0.1, 0.15) is 71.1 Å². The third kappa shape index (κ3) is 3.61. The molecule has 1 fully saturated rings. The summed E-state index contributed by atoms with van der Waals surface area (Å²) in [4.78, 5) is 0. The molecule has 1 aliphatic carbocycles. The van der Waals surface area contributed by atoms with Gasteiger partial charge in [-0.2, -0.15) is 0 Å². The van der Waals surface area contributed by atoms with Crippen LogP contribution in [-0.2, 0) is 0 Å². The lowest BCUT2D eigenvalue weighted by Gasteiger charge is -2.26. The summed E-state index contributed by atoms with van der Waals surface area (Å²) in [6.07, 6.45) is 13.3. The molecule has 0 atom stereocenters. The van der Waals surface area contributed by atoms with Gasteiger partial charge in [0.2, 0.25) is 0 Å². The summed E-state index contributed by atoms with van der Waals surface area (Å²) in [5.41, 5.74) is 0.339. The first-order valence-corrected chi connectivity index (χ1v) is 6.44. The predicted molar refractivity (Wildman–Crippen MR) is 61.4 cm³/mol. The Morgan fingerprint density at radius 1 is 1.00 bits per heavy atom. The second-order valence-corrected chi connectivity index (χ2v) is 5.03. The summed E-state index contributed by atoms with van der Waals surface area (Å²) in [6, 6.07) is 0. The van der Waals surface area contributed by atoms with Gasteiger partial charge in [0.05, 0.1) is 0 Å². The van der Waals surface area contributed by atoms with Gasteiger partial charge in [0, 0.05) is 6.61 Å². The van der Waals surface area contributed by atoms with E-state index in [1.54, 1.807) is 0 Å². The van der Waals surface area contributed by atoms with Crippen LogP contribution in [0, 0.1) is 5.41 Å². The first kappa shape index (κ1) is 12.0. The molecule has 1 heteroatoms. The fraction of sp³-hybridized carbons (Fsp3) is 1.00. The van der Waals surface area contributed by atoms with E-state index in [4.69, 9.17) is 0 Å². The molecule has 14 heavy (non-hydrogen) atoms. The second kappa shape index (κ2) is 6.44. The van der Waals surface area contributed by atoms with Crippen molar-refractivity contribution in [1.82, 2.24) is 0 Å². The van der Waals surface area contributed by atoms with Crippen molar-refractivity contribution in [3.63, 3.8) is 0 Å². The van der Waals surface area contributed by atoms with Gasteiger partial charge in [0.25, 0.3) is 0 Å². The number of rotatable bonds is 7. The maximum Gasteiger partial charge on any atom is 0.0487 e. The van der Waals surface area contributed by atoms with Gasteiger partial charge in [0.15, 0.2) is 0 Å². The van der Waals surface area contributed by atoms with Crippen LogP contribution in [0.5, 0.6) is 0 Å². The van der Waals surface area contributed by atoms with E-state index in [0.717, 1.165) is 0 Å². The Hall–Kier alpha value is -0.0400. The zero-order valence-electron chi connectivity index (χ0n) is 9.73. The van der Waals surface area contributed by atoms with Crippen molar-refractivity contribution < 1.29 is 5.11 Å². The average Bonchev–Trinajstić information content (AvgIpc) is 2.67. The average molecular weight is 198 g/mol. The summed E-state index contributed by atoms with van der Waals surface area (Å²) >= 11 is 0. The summed E-state index contributed by atoms with van der Waals surface area (Å²) in [6.45, 7) is 2.69. The van der Waals surface area contributed by atoms with E-state index in [1.807, 2.05) is 0 Å². The standard InChI is InChI=1S/C13H26O/c1-2-3-4-5-6-9-13(12-14)10-7-8-11-13/h14H,2-12H2,1H3. The molecular formula is C13H26O. The summed E-state index contributed by atoms with van der Waals surface area (Å²) in [5, 5.41) is 9.42. The number of aliphatic hydroxyl groups excluding tert-OH is 1. The van der Waals surface area contributed by atoms with E-state index in [0.29, 0.717) is 12.0 Å². The van der Waals surface area contributed by atoms with Crippen molar-refractivity contribution in [2.45, 2.75) is 71.1 Å². The number of unbranched alkanes of at least 4 members (excludes halogenated alkanes) is 4. The maximum atomic E-state index is 9.42. The summed E-state index contributed by atoms with van der Waals surface area (Å²) < 4.78 is 0. The second-order valence-electron chi connectivity index (χ2n) is 5.03. The van der Waals surface area contributed by atoms with Gasteiger partial charge in [-0.1, -0.05) is 51.9 Å². The fourth-order valence-electron chi connectivity index (χ4n) is 2.72. The van der Waals surface area contributed by atoms with Crippen LogP contribution in [-0.4, -0.2) is 11.7 Å². The first-order chi connectivity index (χ1) is 6.83. The van der Waals surface area contributed by atoms with Crippen molar-refractivity contribution in [3.05, 3.63) is 0 Å². The quantitative estimate of drug-likeness (QED) is 0.615. The lowest BCUT2D eigenvalue weighted by Crippen LogP contribution is -2.21. The van der Waals surface area contributed by atoms with E-state index in [1.165, 1.54) is 64.2 Å². The van der Waals surface area contributed by atoms with E-state index in [2.05, 4.69) is 6.92 Å². The normalized spacial score (nSPS) is 20.1. The molecule has 1 rings (SSSR count). The molecule has 0 spiro atoms. The number of hydrogen-bond donors (Lipinski definition) is 1. The molecule has 0 saturated heterocycles. The first-order valence-electron chi connectivity index (χ1n) is 6.44. The van der Waals surface area contributed by atoms with Gasteiger partial charge in [0.1, 0.15) is 0 Å². The van der Waals surface area contributed by atoms with E-state index in [9.17, 15) is 5.11 Å². The molecule has 0 aromatic heterocycles. The Morgan fingerprint density at radius 3 is 2.21 bits per heavy atom. The molecule has 0 bridgehead atoms. The lowest BCUT2D eigenvalue weighted by atomic mass is 9.82. The summed E-state index contributed by atoms with van der Waals surface area (Å²) in [7, 11) is 0. The van der Waals surface area contributed by atoms with Crippen LogP contribution in [0.3, 0.4) is 0 Å². The highest BCUT2D eigenvalue weighted by Gasteiger charge is 2.32. The van der Waals surface area contributed by atoms with Crippen LogP contribution in [0.15, 0.2) is 0 Å². The molecule has 0 radical (unpaired) electrons. The lowest BCUT2D eigenvalue weighted by molar-refractivity contribution is 0.117. The molecule has 1 aliphatic rings. The molecular weight excluding hydrogens is 172 g/mol. The van der Waals surface area contributed by atoms with Gasteiger partial charge in [-0.15, -0.1) is 0 Å².